The van der Waals surface area contributed by atoms with Gasteiger partial charge in [0, 0.05) is 6.54 Å². The van der Waals surface area contributed by atoms with Crippen LogP contribution in [0.1, 0.15) is 37.3 Å². The van der Waals surface area contributed by atoms with Gasteiger partial charge in [-0.1, -0.05) is 19.3 Å². The third-order valence-corrected chi connectivity index (χ3v) is 2.52. The summed E-state index contributed by atoms with van der Waals surface area (Å²) in [5.74, 6) is 4.49. The Labute approximate surface area is 97.4 Å². The number of aryl methyl sites for hydroxylation is 1. The van der Waals surface area contributed by atoms with Crippen molar-refractivity contribution >= 4 is 0 Å². The third-order valence-electron chi connectivity index (χ3n) is 2.52. The van der Waals surface area contributed by atoms with E-state index in [1.54, 1.807) is 0 Å². The Morgan fingerprint density at radius 2 is 2.31 bits per heavy atom. The van der Waals surface area contributed by atoms with E-state index in [2.05, 4.69) is 18.2 Å². The predicted octanol–water partition coefficient (Wildman–Crippen LogP) is 1.98. The normalized spacial score (nSPS) is 14.4. The minimum absolute atomic E-state index is 0.00120. The van der Waals surface area contributed by atoms with E-state index in [9.17, 15) is 0 Å². The molecular weight excluding hydrogens is 200 g/mol. The Morgan fingerprint density at radius 1 is 1.56 bits per heavy atom. The number of nitrogens with two attached hydrogens (primary N) is 1. The second kappa shape index (κ2) is 6.37. The monoisotopic (exact) mass is 220 g/mol. The van der Waals surface area contributed by atoms with Crippen molar-refractivity contribution in [2.24, 2.45) is 5.73 Å². The Balaban J connectivity index is 2.65. The minimum atomic E-state index is 0.00120. The highest BCUT2D eigenvalue weighted by Crippen LogP contribution is 2.16. The van der Waals surface area contributed by atoms with Crippen LogP contribution in [0.4, 0.5) is 0 Å². The van der Waals surface area contributed by atoms with E-state index in [1.807, 2.05) is 19.1 Å². The lowest BCUT2D eigenvalue weighted by molar-refractivity contribution is 0.384. The van der Waals surface area contributed by atoms with E-state index < -0.39 is 0 Å². The van der Waals surface area contributed by atoms with Crippen molar-refractivity contribution in [2.45, 2.75) is 38.8 Å². The molecule has 0 aliphatic heterocycles. The summed E-state index contributed by atoms with van der Waals surface area (Å²) in [5, 5.41) is 3.33. The van der Waals surface area contributed by atoms with E-state index in [-0.39, 0.29) is 12.1 Å². The predicted molar refractivity (Wildman–Crippen MR) is 65.9 cm³/mol. The first-order valence-corrected chi connectivity index (χ1v) is 5.69. The van der Waals surface area contributed by atoms with Crippen LogP contribution in [0, 0.1) is 19.3 Å². The topological polar surface area (TPSA) is 51.2 Å². The zero-order chi connectivity index (χ0) is 12.0. The molecule has 88 valence electrons. The van der Waals surface area contributed by atoms with Gasteiger partial charge in [0.15, 0.2) is 0 Å². The number of terminal acetylenes is 1. The molecule has 3 nitrogen and oxygen atoms in total. The summed E-state index contributed by atoms with van der Waals surface area (Å²) >= 11 is 0. The maximum Gasteiger partial charge on any atom is 0.122 e. The van der Waals surface area contributed by atoms with Gasteiger partial charge < -0.3 is 10.2 Å². The average molecular weight is 220 g/mol. The van der Waals surface area contributed by atoms with E-state index in [4.69, 9.17) is 16.6 Å². The van der Waals surface area contributed by atoms with Crippen LogP contribution in [0.25, 0.3) is 0 Å². The molecule has 0 bridgehead atoms. The van der Waals surface area contributed by atoms with Crippen molar-refractivity contribution in [1.29, 1.82) is 0 Å². The van der Waals surface area contributed by atoms with Crippen LogP contribution in [0.2, 0.25) is 0 Å². The molecule has 2 atom stereocenters. The molecular formula is C13H20N2O. The average Bonchev–Trinajstić information content (AvgIpc) is 2.71. The zero-order valence-electron chi connectivity index (χ0n) is 9.99. The van der Waals surface area contributed by atoms with Crippen molar-refractivity contribution in [2.75, 3.05) is 6.54 Å². The summed E-state index contributed by atoms with van der Waals surface area (Å²) in [6.07, 6.45) is 7.46. The van der Waals surface area contributed by atoms with Crippen molar-refractivity contribution in [3.8, 4) is 12.3 Å². The third kappa shape index (κ3) is 3.41. The van der Waals surface area contributed by atoms with Gasteiger partial charge >= 0.3 is 0 Å². The molecule has 0 saturated heterocycles. The molecule has 0 amide bonds. The fraction of sp³-hybridized carbons (Fsp3) is 0.538. The molecule has 0 aliphatic carbocycles. The quantitative estimate of drug-likeness (QED) is 0.721. The largest absolute Gasteiger partial charge is 0.465 e. The standard InChI is InChI=1S/C13H20N2O/c1-4-6-11(5-2)15-12(9-14)13-8-7-10(3)16-13/h2,7-8,11-12,15H,4,6,9,14H2,1,3H3. The van der Waals surface area contributed by atoms with Crippen molar-refractivity contribution in [3.05, 3.63) is 23.7 Å². The summed E-state index contributed by atoms with van der Waals surface area (Å²) < 4.78 is 5.55. The molecule has 2 unspecified atom stereocenters. The van der Waals surface area contributed by atoms with Crippen molar-refractivity contribution in [1.82, 2.24) is 5.32 Å². The number of nitrogens with one attached hydrogen (secondary N) is 1. The van der Waals surface area contributed by atoms with Crippen molar-refractivity contribution in [3.63, 3.8) is 0 Å². The molecule has 0 fully saturated rings. The Hall–Kier alpha value is -1.24. The van der Waals surface area contributed by atoms with Crippen LogP contribution >= 0.6 is 0 Å². The van der Waals surface area contributed by atoms with E-state index in [1.165, 1.54) is 0 Å². The Bertz CT molecular complexity index is 351. The number of furan rings is 1. The first-order valence-electron chi connectivity index (χ1n) is 5.69. The van der Waals surface area contributed by atoms with Gasteiger partial charge in [0.05, 0.1) is 12.1 Å². The maximum absolute atomic E-state index is 5.72. The molecule has 1 rings (SSSR count). The summed E-state index contributed by atoms with van der Waals surface area (Å²) in [4.78, 5) is 0. The van der Waals surface area contributed by atoms with Gasteiger partial charge in [-0.3, -0.25) is 5.32 Å². The molecule has 16 heavy (non-hydrogen) atoms. The van der Waals surface area contributed by atoms with Gasteiger partial charge in [0.25, 0.3) is 0 Å². The first-order chi connectivity index (χ1) is 7.71. The molecule has 1 heterocycles. The summed E-state index contributed by atoms with van der Waals surface area (Å²) in [6.45, 7) is 4.51. The molecule has 1 aromatic heterocycles. The van der Waals surface area contributed by atoms with Crippen LogP contribution in [-0.2, 0) is 0 Å². The van der Waals surface area contributed by atoms with Crippen LogP contribution in [0.15, 0.2) is 16.5 Å². The molecule has 0 aliphatic rings. The van der Waals surface area contributed by atoms with Crippen LogP contribution in [-0.4, -0.2) is 12.6 Å². The van der Waals surface area contributed by atoms with Crippen LogP contribution < -0.4 is 11.1 Å². The second-order valence-corrected chi connectivity index (χ2v) is 3.91. The first kappa shape index (κ1) is 12.8. The lowest BCUT2D eigenvalue weighted by Gasteiger charge is -2.19. The number of rotatable bonds is 6. The number of hydrogen-bond acceptors (Lipinski definition) is 3. The lowest BCUT2D eigenvalue weighted by Crippen LogP contribution is -2.35. The van der Waals surface area contributed by atoms with Crippen molar-refractivity contribution < 1.29 is 4.42 Å². The molecule has 0 aromatic carbocycles. The van der Waals surface area contributed by atoms with Gasteiger partial charge in [-0.05, 0) is 25.5 Å². The van der Waals surface area contributed by atoms with E-state index in [0.717, 1.165) is 24.4 Å². The van der Waals surface area contributed by atoms with E-state index >= 15 is 0 Å². The molecule has 0 saturated carbocycles. The molecule has 0 spiro atoms. The maximum atomic E-state index is 5.72. The highest BCUT2D eigenvalue weighted by Gasteiger charge is 2.16. The van der Waals surface area contributed by atoms with Crippen LogP contribution in [0.5, 0.6) is 0 Å². The lowest BCUT2D eigenvalue weighted by atomic mass is 10.1. The molecule has 3 N–H and O–H groups in total. The van der Waals surface area contributed by atoms with Gasteiger partial charge in [-0.15, -0.1) is 6.42 Å². The summed E-state index contributed by atoms with van der Waals surface area (Å²) in [6, 6.07) is 3.94. The fourth-order valence-corrected chi connectivity index (χ4v) is 1.65. The fourth-order valence-electron chi connectivity index (χ4n) is 1.65. The van der Waals surface area contributed by atoms with Gasteiger partial charge in [-0.2, -0.15) is 0 Å². The molecule has 3 heteroatoms. The summed E-state index contributed by atoms with van der Waals surface area (Å²) in [5.41, 5.74) is 5.72. The molecule has 1 aromatic rings. The Morgan fingerprint density at radius 3 is 2.75 bits per heavy atom. The van der Waals surface area contributed by atoms with Gasteiger partial charge in [0.1, 0.15) is 11.5 Å². The smallest absolute Gasteiger partial charge is 0.122 e. The highest BCUT2D eigenvalue weighted by molar-refractivity contribution is 5.12. The van der Waals surface area contributed by atoms with Crippen LogP contribution in [0.3, 0.4) is 0 Å². The SMILES string of the molecule is C#CC(CCC)NC(CN)c1ccc(C)o1. The number of hydrogen-bond donors (Lipinski definition) is 2. The van der Waals surface area contributed by atoms with Gasteiger partial charge in [0.2, 0.25) is 0 Å². The minimum Gasteiger partial charge on any atom is -0.465 e. The molecule has 0 radical (unpaired) electrons. The Kier molecular flexibility index (Phi) is 5.10. The van der Waals surface area contributed by atoms with E-state index in [0.29, 0.717) is 6.54 Å². The summed E-state index contributed by atoms with van der Waals surface area (Å²) in [7, 11) is 0. The zero-order valence-corrected chi connectivity index (χ0v) is 9.99. The second-order valence-electron chi connectivity index (χ2n) is 3.91. The van der Waals surface area contributed by atoms with Gasteiger partial charge in [-0.25, -0.2) is 0 Å². The highest BCUT2D eigenvalue weighted by atomic mass is 16.3.